The molecule has 4 heteroatoms. The standard InChI is InChI=1S/C22H28ClNO2/c1-6-20(26-19-13-11-18(23)12-14-19)21(25)24-15(2)16-7-9-17(10-8-16)22(3,4)5/h7-15,20H,6H2,1-5H3,(H,24,25)/t15-,20-/m1/s1. The van der Waals surface area contributed by atoms with Crippen molar-refractivity contribution in [3.63, 3.8) is 0 Å². The van der Waals surface area contributed by atoms with E-state index < -0.39 is 6.10 Å². The number of halogens is 1. The summed E-state index contributed by atoms with van der Waals surface area (Å²) in [5.41, 5.74) is 2.47. The zero-order valence-electron chi connectivity index (χ0n) is 16.2. The molecule has 0 heterocycles. The van der Waals surface area contributed by atoms with Crippen molar-refractivity contribution in [1.29, 1.82) is 0 Å². The Morgan fingerprint density at radius 2 is 1.65 bits per heavy atom. The van der Waals surface area contributed by atoms with Gasteiger partial charge in [0.1, 0.15) is 5.75 Å². The van der Waals surface area contributed by atoms with Crippen molar-refractivity contribution in [1.82, 2.24) is 5.32 Å². The van der Waals surface area contributed by atoms with Crippen molar-refractivity contribution in [2.24, 2.45) is 0 Å². The molecule has 2 rings (SSSR count). The summed E-state index contributed by atoms with van der Waals surface area (Å²) >= 11 is 5.89. The molecule has 3 nitrogen and oxygen atoms in total. The molecule has 0 unspecified atom stereocenters. The Morgan fingerprint density at radius 3 is 2.15 bits per heavy atom. The highest BCUT2D eigenvalue weighted by atomic mass is 35.5. The van der Waals surface area contributed by atoms with Gasteiger partial charge in [-0.2, -0.15) is 0 Å². The SMILES string of the molecule is CC[C@@H](Oc1ccc(Cl)cc1)C(=O)N[C@H](C)c1ccc(C(C)(C)C)cc1. The maximum atomic E-state index is 12.6. The lowest BCUT2D eigenvalue weighted by atomic mass is 9.86. The summed E-state index contributed by atoms with van der Waals surface area (Å²) in [4.78, 5) is 12.6. The van der Waals surface area contributed by atoms with E-state index in [0.717, 1.165) is 5.56 Å². The van der Waals surface area contributed by atoms with Gasteiger partial charge in [0.15, 0.2) is 6.10 Å². The van der Waals surface area contributed by atoms with Crippen molar-refractivity contribution < 1.29 is 9.53 Å². The average molecular weight is 374 g/mol. The fourth-order valence-electron chi connectivity index (χ4n) is 2.66. The van der Waals surface area contributed by atoms with E-state index in [4.69, 9.17) is 16.3 Å². The quantitative estimate of drug-likeness (QED) is 0.708. The number of carbonyl (C=O) groups excluding carboxylic acids is 1. The number of amides is 1. The van der Waals surface area contributed by atoms with Crippen LogP contribution in [0.15, 0.2) is 48.5 Å². The van der Waals surface area contributed by atoms with Crippen LogP contribution in [-0.4, -0.2) is 12.0 Å². The van der Waals surface area contributed by atoms with Gasteiger partial charge in [-0.1, -0.05) is 63.6 Å². The maximum Gasteiger partial charge on any atom is 0.261 e. The first-order chi connectivity index (χ1) is 12.2. The Labute approximate surface area is 161 Å². The largest absolute Gasteiger partial charge is 0.481 e. The molecule has 0 aliphatic carbocycles. The van der Waals surface area contributed by atoms with Crippen LogP contribution in [0.3, 0.4) is 0 Å². The zero-order chi connectivity index (χ0) is 19.3. The van der Waals surface area contributed by atoms with Gasteiger partial charge in [-0.05, 0) is 54.2 Å². The van der Waals surface area contributed by atoms with E-state index in [0.29, 0.717) is 17.2 Å². The first kappa shape index (κ1) is 20.3. The van der Waals surface area contributed by atoms with E-state index in [1.165, 1.54) is 5.56 Å². The average Bonchev–Trinajstić information content (AvgIpc) is 2.60. The highest BCUT2D eigenvalue weighted by molar-refractivity contribution is 6.30. The summed E-state index contributed by atoms with van der Waals surface area (Å²) in [7, 11) is 0. The first-order valence-corrected chi connectivity index (χ1v) is 9.41. The molecule has 0 radical (unpaired) electrons. The number of carbonyl (C=O) groups is 1. The molecule has 1 N–H and O–H groups in total. The number of rotatable bonds is 6. The topological polar surface area (TPSA) is 38.3 Å². The van der Waals surface area contributed by atoms with Gasteiger partial charge in [0.2, 0.25) is 0 Å². The third-order valence-electron chi connectivity index (χ3n) is 4.39. The Hall–Kier alpha value is -2.00. The second-order valence-electron chi connectivity index (χ2n) is 7.57. The molecule has 0 saturated heterocycles. The lowest BCUT2D eigenvalue weighted by Crippen LogP contribution is -2.39. The number of hydrogen-bond donors (Lipinski definition) is 1. The maximum absolute atomic E-state index is 12.6. The predicted octanol–water partition coefficient (Wildman–Crippen LogP) is 5.67. The first-order valence-electron chi connectivity index (χ1n) is 9.03. The molecule has 0 aliphatic heterocycles. The molecule has 0 spiro atoms. The van der Waals surface area contributed by atoms with Gasteiger partial charge in [-0.3, -0.25) is 4.79 Å². The predicted molar refractivity (Wildman–Crippen MR) is 108 cm³/mol. The van der Waals surface area contributed by atoms with Gasteiger partial charge < -0.3 is 10.1 Å². The van der Waals surface area contributed by atoms with Gasteiger partial charge in [0, 0.05) is 5.02 Å². The van der Waals surface area contributed by atoms with E-state index in [1.54, 1.807) is 24.3 Å². The van der Waals surface area contributed by atoms with Crippen molar-refractivity contribution in [3.05, 3.63) is 64.7 Å². The number of benzene rings is 2. The Bertz CT molecular complexity index is 717. The molecule has 2 aromatic carbocycles. The number of ether oxygens (including phenoxy) is 1. The summed E-state index contributed by atoms with van der Waals surface area (Å²) < 4.78 is 5.81. The second kappa shape index (κ2) is 8.59. The summed E-state index contributed by atoms with van der Waals surface area (Å²) in [5.74, 6) is 0.522. The van der Waals surface area contributed by atoms with Crippen LogP contribution in [0.25, 0.3) is 0 Å². The van der Waals surface area contributed by atoms with Crippen molar-refractivity contribution in [3.8, 4) is 5.75 Å². The Balaban J connectivity index is 2.00. The zero-order valence-corrected chi connectivity index (χ0v) is 16.9. The molecule has 2 aromatic rings. The van der Waals surface area contributed by atoms with E-state index >= 15 is 0 Å². The monoisotopic (exact) mass is 373 g/mol. The van der Waals surface area contributed by atoms with E-state index in [9.17, 15) is 4.79 Å². The van der Waals surface area contributed by atoms with Gasteiger partial charge in [-0.15, -0.1) is 0 Å². The molecule has 2 atom stereocenters. The van der Waals surface area contributed by atoms with Crippen LogP contribution in [0.2, 0.25) is 5.02 Å². The fraction of sp³-hybridized carbons (Fsp3) is 0.409. The molecule has 0 aliphatic rings. The minimum Gasteiger partial charge on any atom is -0.481 e. The lowest BCUT2D eigenvalue weighted by Gasteiger charge is -2.22. The third-order valence-corrected chi connectivity index (χ3v) is 4.64. The molecule has 140 valence electrons. The minimum absolute atomic E-state index is 0.0839. The molecular formula is C22H28ClNO2. The summed E-state index contributed by atoms with van der Waals surface area (Å²) in [5, 5.41) is 3.69. The van der Waals surface area contributed by atoms with Crippen molar-refractivity contribution in [2.75, 3.05) is 0 Å². The molecule has 0 bridgehead atoms. The van der Waals surface area contributed by atoms with Gasteiger partial charge in [0.25, 0.3) is 5.91 Å². The smallest absolute Gasteiger partial charge is 0.261 e. The van der Waals surface area contributed by atoms with Crippen LogP contribution in [0.5, 0.6) is 5.75 Å². The second-order valence-corrected chi connectivity index (χ2v) is 8.01. The summed E-state index contributed by atoms with van der Waals surface area (Å²) in [6.07, 6.45) is 0.0527. The number of nitrogens with one attached hydrogen (secondary N) is 1. The number of hydrogen-bond acceptors (Lipinski definition) is 2. The molecular weight excluding hydrogens is 346 g/mol. The van der Waals surface area contributed by atoms with E-state index in [-0.39, 0.29) is 17.4 Å². The van der Waals surface area contributed by atoms with Gasteiger partial charge in [0.05, 0.1) is 6.04 Å². The molecule has 0 saturated carbocycles. The minimum atomic E-state index is -0.535. The lowest BCUT2D eigenvalue weighted by molar-refractivity contribution is -0.128. The van der Waals surface area contributed by atoms with Crippen LogP contribution in [0.1, 0.15) is 58.2 Å². The van der Waals surface area contributed by atoms with Crippen LogP contribution >= 0.6 is 11.6 Å². The molecule has 26 heavy (non-hydrogen) atoms. The normalized spacial score (nSPS) is 13.8. The van der Waals surface area contributed by atoms with Crippen LogP contribution in [-0.2, 0) is 10.2 Å². The molecule has 1 amide bonds. The highest BCUT2D eigenvalue weighted by Crippen LogP contribution is 2.24. The Morgan fingerprint density at radius 1 is 1.08 bits per heavy atom. The van der Waals surface area contributed by atoms with E-state index in [1.807, 2.05) is 13.8 Å². The van der Waals surface area contributed by atoms with E-state index in [2.05, 4.69) is 50.4 Å². The van der Waals surface area contributed by atoms with Crippen LogP contribution in [0, 0.1) is 0 Å². The third kappa shape index (κ3) is 5.50. The van der Waals surface area contributed by atoms with Crippen molar-refractivity contribution >= 4 is 17.5 Å². The van der Waals surface area contributed by atoms with Gasteiger partial charge in [-0.25, -0.2) is 0 Å². The Kier molecular flexibility index (Phi) is 6.71. The van der Waals surface area contributed by atoms with Crippen LogP contribution < -0.4 is 10.1 Å². The van der Waals surface area contributed by atoms with Crippen LogP contribution in [0.4, 0.5) is 0 Å². The highest BCUT2D eigenvalue weighted by Gasteiger charge is 2.21. The summed E-state index contributed by atoms with van der Waals surface area (Å²) in [6, 6.07) is 15.4. The van der Waals surface area contributed by atoms with Crippen molar-refractivity contribution in [2.45, 2.75) is 58.6 Å². The fourth-order valence-corrected chi connectivity index (χ4v) is 2.79. The molecule has 0 aromatic heterocycles. The van der Waals surface area contributed by atoms with Gasteiger partial charge >= 0.3 is 0 Å². The molecule has 0 fully saturated rings. The summed E-state index contributed by atoms with van der Waals surface area (Å²) in [6.45, 7) is 10.5.